The van der Waals surface area contributed by atoms with Gasteiger partial charge in [0.25, 0.3) is 0 Å². The zero-order valence-electron chi connectivity index (χ0n) is 12.2. The molecule has 2 unspecified atom stereocenters. The minimum atomic E-state index is -0.178. The second-order valence-corrected chi connectivity index (χ2v) is 5.62. The molecule has 1 saturated heterocycles. The van der Waals surface area contributed by atoms with Crippen LogP contribution in [-0.2, 0) is 11.2 Å². The van der Waals surface area contributed by atoms with Gasteiger partial charge in [-0.15, -0.1) is 0 Å². The predicted molar refractivity (Wildman–Crippen MR) is 77.9 cm³/mol. The van der Waals surface area contributed by atoms with Crippen LogP contribution in [0.2, 0.25) is 0 Å². The Kier molecular flexibility index (Phi) is 5.12. The molecule has 1 aromatic carbocycles. The van der Waals surface area contributed by atoms with Gasteiger partial charge in [-0.3, -0.25) is 4.79 Å². The van der Waals surface area contributed by atoms with Crippen molar-refractivity contribution in [2.75, 3.05) is 19.6 Å². The molecular formula is C16H23FN2O. The lowest BCUT2D eigenvalue weighted by atomic mass is 9.98. The van der Waals surface area contributed by atoms with E-state index in [4.69, 9.17) is 0 Å². The van der Waals surface area contributed by atoms with Crippen LogP contribution in [0.4, 0.5) is 4.39 Å². The number of hydrogen-bond acceptors (Lipinski definition) is 2. The van der Waals surface area contributed by atoms with Gasteiger partial charge < -0.3 is 10.2 Å². The Morgan fingerprint density at radius 3 is 2.95 bits per heavy atom. The van der Waals surface area contributed by atoms with Crippen LogP contribution in [0.15, 0.2) is 24.3 Å². The topological polar surface area (TPSA) is 32.3 Å². The van der Waals surface area contributed by atoms with Crippen molar-refractivity contribution in [3.8, 4) is 0 Å². The van der Waals surface area contributed by atoms with Gasteiger partial charge in [0.15, 0.2) is 0 Å². The van der Waals surface area contributed by atoms with Crippen molar-refractivity contribution in [3.05, 3.63) is 35.6 Å². The van der Waals surface area contributed by atoms with Gasteiger partial charge in [-0.1, -0.05) is 25.1 Å². The molecule has 1 aliphatic heterocycles. The highest BCUT2D eigenvalue weighted by atomic mass is 19.1. The van der Waals surface area contributed by atoms with Gasteiger partial charge in [-0.25, -0.2) is 4.39 Å². The van der Waals surface area contributed by atoms with Crippen molar-refractivity contribution in [2.24, 2.45) is 5.92 Å². The Morgan fingerprint density at radius 2 is 2.25 bits per heavy atom. The summed E-state index contributed by atoms with van der Waals surface area (Å²) in [5, 5.41) is 3.28. The van der Waals surface area contributed by atoms with Crippen LogP contribution in [0.1, 0.15) is 25.8 Å². The number of amides is 1. The zero-order valence-corrected chi connectivity index (χ0v) is 12.2. The average Bonchev–Trinajstić information content (AvgIpc) is 2.46. The molecule has 1 heterocycles. The van der Waals surface area contributed by atoms with Crippen LogP contribution >= 0.6 is 0 Å². The summed E-state index contributed by atoms with van der Waals surface area (Å²) in [5.74, 6) is -0.0480. The van der Waals surface area contributed by atoms with E-state index in [1.807, 2.05) is 17.9 Å². The van der Waals surface area contributed by atoms with Crippen molar-refractivity contribution >= 4 is 5.91 Å². The lowest BCUT2D eigenvalue weighted by Gasteiger charge is -2.35. The summed E-state index contributed by atoms with van der Waals surface area (Å²) in [4.78, 5) is 14.4. The van der Waals surface area contributed by atoms with Gasteiger partial charge in [-0.2, -0.15) is 0 Å². The van der Waals surface area contributed by atoms with E-state index in [2.05, 4.69) is 12.2 Å². The molecule has 1 fully saturated rings. The van der Waals surface area contributed by atoms with Crippen LogP contribution in [0.3, 0.4) is 0 Å². The molecule has 1 aromatic rings. The highest BCUT2D eigenvalue weighted by molar-refractivity contribution is 5.79. The maximum absolute atomic E-state index is 13.6. The highest BCUT2D eigenvalue weighted by Crippen LogP contribution is 2.16. The molecule has 20 heavy (non-hydrogen) atoms. The molecule has 0 aliphatic carbocycles. The first-order valence-corrected chi connectivity index (χ1v) is 7.34. The smallest absolute Gasteiger partial charge is 0.225 e. The molecule has 110 valence electrons. The minimum Gasteiger partial charge on any atom is -0.337 e. The van der Waals surface area contributed by atoms with Crippen LogP contribution in [-0.4, -0.2) is 36.5 Å². The molecule has 1 aliphatic rings. The monoisotopic (exact) mass is 278 g/mol. The van der Waals surface area contributed by atoms with Crippen molar-refractivity contribution in [1.29, 1.82) is 0 Å². The first-order valence-electron chi connectivity index (χ1n) is 7.34. The second kappa shape index (κ2) is 6.84. The molecular weight excluding hydrogens is 255 g/mol. The Balaban J connectivity index is 1.89. The quantitative estimate of drug-likeness (QED) is 0.916. The lowest BCUT2D eigenvalue weighted by molar-refractivity contribution is -0.138. The van der Waals surface area contributed by atoms with Crippen molar-refractivity contribution < 1.29 is 9.18 Å². The minimum absolute atomic E-state index is 0.0600. The fourth-order valence-corrected chi connectivity index (χ4v) is 2.65. The molecule has 0 radical (unpaired) electrons. The SMILES string of the molecule is CC(CCc1ccccc1F)C(=O)N1CCNCC1C. The summed E-state index contributed by atoms with van der Waals surface area (Å²) < 4.78 is 13.6. The first kappa shape index (κ1) is 15.0. The van der Waals surface area contributed by atoms with Crippen molar-refractivity contribution in [2.45, 2.75) is 32.7 Å². The Labute approximate surface area is 120 Å². The number of carbonyl (C=O) groups is 1. The normalized spacial score (nSPS) is 20.8. The third kappa shape index (κ3) is 3.57. The van der Waals surface area contributed by atoms with E-state index >= 15 is 0 Å². The van der Waals surface area contributed by atoms with Crippen LogP contribution in [0, 0.1) is 11.7 Å². The summed E-state index contributed by atoms with van der Waals surface area (Å²) in [6.07, 6.45) is 1.30. The van der Waals surface area contributed by atoms with Crippen LogP contribution in [0.25, 0.3) is 0 Å². The molecule has 0 aromatic heterocycles. The Bertz CT molecular complexity index is 464. The Morgan fingerprint density at radius 1 is 1.50 bits per heavy atom. The molecule has 0 saturated carbocycles. The van der Waals surface area contributed by atoms with Crippen molar-refractivity contribution in [1.82, 2.24) is 10.2 Å². The van der Waals surface area contributed by atoms with Gasteiger partial charge in [0.1, 0.15) is 5.82 Å². The third-order valence-electron chi connectivity index (χ3n) is 4.01. The average molecular weight is 278 g/mol. The number of rotatable bonds is 4. The van der Waals surface area contributed by atoms with Gasteiger partial charge in [0, 0.05) is 31.6 Å². The Hall–Kier alpha value is -1.42. The zero-order chi connectivity index (χ0) is 14.5. The number of piperazine rings is 1. The van der Waals surface area contributed by atoms with Gasteiger partial charge in [0.2, 0.25) is 5.91 Å². The summed E-state index contributed by atoms with van der Waals surface area (Å²) >= 11 is 0. The maximum atomic E-state index is 13.6. The number of nitrogens with zero attached hydrogens (tertiary/aromatic N) is 1. The first-order chi connectivity index (χ1) is 9.59. The van der Waals surface area contributed by atoms with E-state index in [1.165, 1.54) is 6.07 Å². The molecule has 3 nitrogen and oxygen atoms in total. The lowest BCUT2D eigenvalue weighted by Crippen LogP contribution is -2.53. The van der Waals surface area contributed by atoms with Gasteiger partial charge in [-0.05, 0) is 31.4 Å². The van der Waals surface area contributed by atoms with Crippen LogP contribution in [0.5, 0.6) is 0 Å². The third-order valence-corrected chi connectivity index (χ3v) is 4.01. The highest BCUT2D eigenvalue weighted by Gasteiger charge is 2.26. The summed E-state index contributed by atoms with van der Waals surface area (Å²) in [5.41, 5.74) is 0.695. The van der Waals surface area contributed by atoms with E-state index < -0.39 is 0 Å². The summed E-state index contributed by atoms with van der Waals surface area (Å²) in [7, 11) is 0. The van der Waals surface area contributed by atoms with Gasteiger partial charge >= 0.3 is 0 Å². The second-order valence-electron chi connectivity index (χ2n) is 5.62. The molecule has 0 bridgehead atoms. The number of hydrogen-bond donors (Lipinski definition) is 1. The largest absolute Gasteiger partial charge is 0.337 e. The van der Waals surface area contributed by atoms with E-state index in [0.29, 0.717) is 18.4 Å². The van der Waals surface area contributed by atoms with E-state index in [-0.39, 0.29) is 23.7 Å². The van der Waals surface area contributed by atoms with E-state index in [1.54, 1.807) is 12.1 Å². The fourth-order valence-electron chi connectivity index (χ4n) is 2.65. The molecule has 2 rings (SSSR count). The fraction of sp³-hybridized carbons (Fsp3) is 0.562. The van der Waals surface area contributed by atoms with E-state index in [9.17, 15) is 9.18 Å². The van der Waals surface area contributed by atoms with Crippen LogP contribution < -0.4 is 5.32 Å². The maximum Gasteiger partial charge on any atom is 0.225 e. The number of nitrogens with one attached hydrogen (secondary N) is 1. The summed E-state index contributed by atoms with van der Waals surface area (Å²) in [6, 6.07) is 7.03. The number of benzene rings is 1. The number of halogens is 1. The molecule has 1 N–H and O–H groups in total. The molecule has 0 spiro atoms. The number of carbonyl (C=O) groups excluding carboxylic acids is 1. The summed E-state index contributed by atoms with van der Waals surface area (Å²) in [6.45, 7) is 6.48. The van der Waals surface area contributed by atoms with E-state index in [0.717, 1.165) is 19.6 Å². The molecule has 4 heteroatoms. The molecule has 1 amide bonds. The molecule has 2 atom stereocenters. The van der Waals surface area contributed by atoms with Gasteiger partial charge in [0.05, 0.1) is 0 Å². The predicted octanol–water partition coefficient (Wildman–Crippen LogP) is 2.21. The number of aryl methyl sites for hydroxylation is 1. The standard InChI is InChI=1S/C16H23FN2O/c1-12(7-8-14-5-3-4-6-15(14)17)16(20)19-10-9-18-11-13(19)2/h3-6,12-13,18H,7-11H2,1-2H3. The van der Waals surface area contributed by atoms with Crippen molar-refractivity contribution in [3.63, 3.8) is 0 Å².